The lowest BCUT2D eigenvalue weighted by molar-refractivity contribution is -0.120. The van der Waals surface area contributed by atoms with E-state index in [1.165, 1.54) is 0 Å². The van der Waals surface area contributed by atoms with Crippen molar-refractivity contribution >= 4 is 11.8 Å². The van der Waals surface area contributed by atoms with E-state index >= 15 is 0 Å². The van der Waals surface area contributed by atoms with Crippen LogP contribution < -0.4 is 10.6 Å². The van der Waals surface area contributed by atoms with Gasteiger partial charge in [-0.1, -0.05) is 18.2 Å². The Morgan fingerprint density at radius 3 is 2.46 bits per heavy atom. The molecule has 0 aliphatic heterocycles. The smallest absolute Gasteiger partial charge is 0.251 e. The van der Waals surface area contributed by atoms with E-state index in [0.717, 1.165) is 28.8 Å². The highest BCUT2D eigenvalue weighted by atomic mass is 16.2. The van der Waals surface area contributed by atoms with Crippen molar-refractivity contribution < 1.29 is 9.59 Å². The predicted octanol–water partition coefficient (Wildman–Crippen LogP) is 2.58. The van der Waals surface area contributed by atoms with E-state index in [4.69, 9.17) is 0 Å². The summed E-state index contributed by atoms with van der Waals surface area (Å²) < 4.78 is 1.80. The molecule has 0 saturated carbocycles. The van der Waals surface area contributed by atoms with Gasteiger partial charge in [0, 0.05) is 24.5 Å². The van der Waals surface area contributed by atoms with Crippen LogP contribution in [0.5, 0.6) is 0 Å². The molecule has 0 fully saturated rings. The average molecular weight is 376 g/mol. The van der Waals surface area contributed by atoms with E-state index in [0.29, 0.717) is 12.1 Å². The molecule has 1 heterocycles. The molecule has 1 aromatic heterocycles. The van der Waals surface area contributed by atoms with Gasteiger partial charge in [0.15, 0.2) is 0 Å². The van der Waals surface area contributed by atoms with Crippen molar-refractivity contribution in [3.63, 3.8) is 0 Å². The van der Waals surface area contributed by atoms with E-state index < -0.39 is 0 Å². The van der Waals surface area contributed by atoms with Crippen molar-refractivity contribution in [2.24, 2.45) is 0 Å². The number of hydrogen-bond donors (Lipinski definition) is 2. The Kier molecular flexibility index (Phi) is 6.22. The fourth-order valence-electron chi connectivity index (χ4n) is 2.79. The Morgan fingerprint density at radius 2 is 1.79 bits per heavy atom. The molecule has 0 saturated heterocycles. The summed E-state index contributed by atoms with van der Waals surface area (Å²) in [6.07, 6.45) is 4.35. The van der Waals surface area contributed by atoms with E-state index in [-0.39, 0.29) is 18.4 Å². The van der Waals surface area contributed by atoms with Gasteiger partial charge in [-0.3, -0.25) is 9.59 Å². The molecule has 3 rings (SSSR count). The molecule has 0 aliphatic rings. The summed E-state index contributed by atoms with van der Waals surface area (Å²) in [6, 6.07) is 15.4. The third kappa shape index (κ3) is 5.07. The second-order valence-corrected chi connectivity index (χ2v) is 6.70. The van der Waals surface area contributed by atoms with Crippen molar-refractivity contribution in [3.8, 4) is 5.69 Å². The van der Waals surface area contributed by atoms with Gasteiger partial charge in [-0.15, -0.1) is 0 Å². The molecule has 3 aromatic rings. The zero-order valence-corrected chi connectivity index (χ0v) is 16.1. The molecule has 0 bridgehead atoms. The lowest BCUT2D eigenvalue weighted by atomic mass is 10.1. The van der Waals surface area contributed by atoms with Crippen LogP contribution in [0.25, 0.3) is 5.69 Å². The summed E-state index contributed by atoms with van der Waals surface area (Å²) in [5.41, 5.74) is 4.86. The quantitative estimate of drug-likeness (QED) is 0.665. The molecule has 28 heavy (non-hydrogen) atoms. The molecule has 0 aliphatic carbocycles. The highest BCUT2D eigenvalue weighted by Gasteiger charge is 2.08. The van der Waals surface area contributed by atoms with Crippen molar-refractivity contribution in [2.75, 3.05) is 13.1 Å². The van der Waals surface area contributed by atoms with Crippen LogP contribution in [0.1, 0.15) is 27.0 Å². The molecule has 144 valence electrons. The first-order chi connectivity index (χ1) is 13.5. The average Bonchev–Trinajstić information content (AvgIpc) is 3.23. The molecule has 6 heteroatoms. The number of carbonyl (C=O) groups is 2. The number of carbonyl (C=O) groups excluding carboxylic acids is 2. The Hall–Kier alpha value is -3.41. The third-order valence-electron chi connectivity index (χ3n) is 4.62. The van der Waals surface area contributed by atoms with Crippen LogP contribution >= 0.6 is 0 Å². The zero-order chi connectivity index (χ0) is 19.9. The highest BCUT2D eigenvalue weighted by Crippen LogP contribution is 2.10. The predicted molar refractivity (Wildman–Crippen MR) is 109 cm³/mol. The number of rotatable bonds is 7. The summed E-state index contributed by atoms with van der Waals surface area (Å²) >= 11 is 0. The van der Waals surface area contributed by atoms with Crippen LogP contribution in [0.2, 0.25) is 0 Å². The SMILES string of the molecule is Cc1ccc(C(=O)NCC(=O)NCCc2ccc(-n3cccn3)cc2)cc1C. The Labute approximate surface area is 164 Å². The summed E-state index contributed by atoms with van der Waals surface area (Å²) in [7, 11) is 0. The lowest BCUT2D eigenvalue weighted by Gasteiger charge is -2.09. The number of aromatic nitrogens is 2. The number of amides is 2. The number of aryl methyl sites for hydroxylation is 2. The van der Waals surface area contributed by atoms with Crippen LogP contribution in [0, 0.1) is 13.8 Å². The summed E-state index contributed by atoms with van der Waals surface area (Å²) in [4.78, 5) is 24.1. The molecule has 0 spiro atoms. The van der Waals surface area contributed by atoms with Gasteiger partial charge in [0.25, 0.3) is 5.91 Å². The van der Waals surface area contributed by atoms with Crippen LogP contribution in [0.15, 0.2) is 60.9 Å². The molecular weight excluding hydrogens is 352 g/mol. The summed E-state index contributed by atoms with van der Waals surface area (Å²) in [5, 5.41) is 9.68. The topological polar surface area (TPSA) is 76.0 Å². The van der Waals surface area contributed by atoms with E-state index in [1.807, 2.05) is 62.5 Å². The fourth-order valence-corrected chi connectivity index (χ4v) is 2.79. The lowest BCUT2D eigenvalue weighted by Crippen LogP contribution is -2.37. The normalized spacial score (nSPS) is 10.5. The largest absolute Gasteiger partial charge is 0.354 e. The second-order valence-electron chi connectivity index (χ2n) is 6.70. The Balaban J connectivity index is 1.40. The minimum Gasteiger partial charge on any atom is -0.354 e. The number of nitrogens with one attached hydrogen (secondary N) is 2. The van der Waals surface area contributed by atoms with Crippen molar-refractivity contribution in [2.45, 2.75) is 20.3 Å². The zero-order valence-electron chi connectivity index (χ0n) is 16.1. The van der Waals surface area contributed by atoms with Gasteiger partial charge in [-0.05, 0) is 67.3 Å². The molecule has 2 amide bonds. The van der Waals surface area contributed by atoms with Gasteiger partial charge in [0.2, 0.25) is 5.91 Å². The van der Waals surface area contributed by atoms with Gasteiger partial charge in [0.1, 0.15) is 0 Å². The molecular formula is C22H24N4O2. The standard InChI is InChI=1S/C22H24N4O2/c1-16-4-7-19(14-17(16)2)22(28)24-15-21(27)23-12-10-18-5-8-20(9-6-18)26-13-3-11-25-26/h3-9,11,13-14H,10,12,15H2,1-2H3,(H,23,27)(H,24,28). The maximum atomic E-state index is 12.1. The molecule has 0 atom stereocenters. The number of hydrogen-bond acceptors (Lipinski definition) is 3. The van der Waals surface area contributed by atoms with Gasteiger partial charge < -0.3 is 10.6 Å². The van der Waals surface area contributed by atoms with Gasteiger partial charge >= 0.3 is 0 Å². The first-order valence-corrected chi connectivity index (χ1v) is 9.24. The Morgan fingerprint density at radius 1 is 1.00 bits per heavy atom. The van der Waals surface area contributed by atoms with Crippen molar-refractivity contribution in [1.29, 1.82) is 0 Å². The van der Waals surface area contributed by atoms with Crippen molar-refractivity contribution in [1.82, 2.24) is 20.4 Å². The van der Waals surface area contributed by atoms with Crippen molar-refractivity contribution in [3.05, 3.63) is 83.2 Å². The molecule has 6 nitrogen and oxygen atoms in total. The monoisotopic (exact) mass is 376 g/mol. The van der Waals surface area contributed by atoms with Gasteiger partial charge in [0.05, 0.1) is 12.2 Å². The van der Waals surface area contributed by atoms with Crippen LogP contribution in [-0.2, 0) is 11.2 Å². The molecule has 0 unspecified atom stereocenters. The Bertz CT molecular complexity index is 947. The summed E-state index contributed by atoms with van der Waals surface area (Å²) in [5.74, 6) is -0.446. The maximum absolute atomic E-state index is 12.1. The fraction of sp³-hybridized carbons (Fsp3) is 0.227. The first kappa shape index (κ1) is 19.4. The van der Waals surface area contributed by atoms with Gasteiger partial charge in [-0.25, -0.2) is 4.68 Å². The van der Waals surface area contributed by atoms with E-state index in [2.05, 4.69) is 15.7 Å². The van der Waals surface area contributed by atoms with Crippen LogP contribution in [0.4, 0.5) is 0 Å². The molecule has 2 N–H and O–H groups in total. The second kappa shape index (κ2) is 8.99. The number of benzene rings is 2. The number of nitrogens with zero attached hydrogens (tertiary/aromatic N) is 2. The highest BCUT2D eigenvalue weighted by molar-refractivity contribution is 5.96. The van der Waals surface area contributed by atoms with Crippen LogP contribution in [-0.4, -0.2) is 34.7 Å². The minimum absolute atomic E-state index is 0.0377. The van der Waals surface area contributed by atoms with E-state index in [9.17, 15) is 9.59 Å². The molecule has 0 radical (unpaired) electrons. The first-order valence-electron chi connectivity index (χ1n) is 9.24. The van der Waals surface area contributed by atoms with Crippen LogP contribution in [0.3, 0.4) is 0 Å². The molecule has 2 aromatic carbocycles. The van der Waals surface area contributed by atoms with Gasteiger partial charge in [-0.2, -0.15) is 5.10 Å². The maximum Gasteiger partial charge on any atom is 0.251 e. The third-order valence-corrected chi connectivity index (χ3v) is 4.62. The summed E-state index contributed by atoms with van der Waals surface area (Å²) in [6.45, 7) is 4.43. The minimum atomic E-state index is -0.243. The van der Waals surface area contributed by atoms with E-state index in [1.54, 1.807) is 16.9 Å².